The van der Waals surface area contributed by atoms with Gasteiger partial charge in [-0.15, -0.1) is 0 Å². The molecule has 1 aromatic rings. The van der Waals surface area contributed by atoms with E-state index in [1.807, 2.05) is 0 Å². The normalized spacial score (nSPS) is 20.1. The van der Waals surface area contributed by atoms with Crippen LogP contribution in [0.4, 0.5) is 0 Å². The molecular formula is C20H24N2O5. The van der Waals surface area contributed by atoms with Gasteiger partial charge >= 0.3 is 5.97 Å². The van der Waals surface area contributed by atoms with Crippen LogP contribution in [0.5, 0.6) is 0 Å². The van der Waals surface area contributed by atoms with Gasteiger partial charge in [-0.2, -0.15) is 0 Å². The Morgan fingerprint density at radius 2 is 1.74 bits per heavy atom. The van der Waals surface area contributed by atoms with E-state index in [1.54, 1.807) is 29.2 Å². The minimum atomic E-state index is -0.310. The molecule has 1 aromatic carbocycles. The van der Waals surface area contributed by atoms with Crippen LogP contribution in [0, 0.1) is 0 Å². The number of methoxy groups -OCH3 is 1. The summed E-state index contributed by atoms with van der Waals surface area (Å²) >= 11 is 0. The highest BCUT2D eigenvalue weighted by Gasteiger charge is 2.30. The van der Waals surface area contributed by atoms with Gasteiger partial charge in [0.25, 0.3) is 5.91 Å². The lowest BCUT2D eigenvalue weighted by atomic mass is 9.98. The highest BCUT2D eigenvalue weighted by molar-refractivity contribution is 6.01. The number of ether oxygens (including phenoxy) is 1. The number of amides is 3. The molecule has 1 atom stereocenters. The van der Waals surface area contributed by atoms with Gasteiger partial charge in [-0.25, -0.2) is 0 Å². The SMILES string of the molecule is COC(=O)CC1CCCCN1C(=O)c1ccc(CN2C(=O)CCC2=O)cc1. The number of rotatable bonds is 5. The third-order valence-electron chi connectivity index (χ3n) is 5.21. The summed E-state index contributed by atoms with van der Waals surface area (Å²) in [7, 11) is 1.35. The first-order chi connectivity index (χ1) is 13.0. The summed E-state index contributed by atoms with van der Waals surface area (Å²) in [6.45, 7) is 0.861. The number of carbonyl (C=O) groups is 4. The Morgan fingerprint density at radius 3 is 2.37 bits per heavy atom. The lowest BCUT2D eigenvalue weighted by molar-refractivity contribution is -0.142. The monoisotopic (exact) mass is 372 g/mol. The summed E-state index contributed by atoms with van der Waals surface area (Å²) in [5, 5.41) is 0. The number of likely N-dealkylation sites (tertiary alicyclic amines) is 2. The zero-order valence-corrected chi connectivity index (χ0v) is 15.5. The quantitative estimate of drug-likeness (QED) is 0.582. The van der Waals surface area contributed by atoms with E-state index >= 15 is 0 Å². The first kappa shape index (κ1) is 19.1. The predicted octanol–water partition coefficient (Wildman–Crippen LogP) is 1.89. The van der Waals surface area contributed by atoms with E-state index in [-0.39, 0.29) is 55.5 Å². The van der Waals surface area contributed by atoms with Gasteiger partial charge in [-0.1, -0.05) is 12.1 Å². The zero-order chi connectivity index (χ0) is 19.4. The second kappa shape index (κ2) is 8.33. The van der Waals surface area contributed by atoms with Gasteiger partial charge in [-0.05, 0) is 37.0 Å². The number of hydrogen-bond acceptors (Lipinski definition) is 5. The number of hydrogen-bond donors (Lipinski definition) is 0. The van der Waals surface area contributed by atoms with Crippen LogP contribution in [-0.4, -0.2) is 53.2 Å². The van der Waals surface area contributed by atoms with E-state index in [0.717, 1.165) is 24.8 Å². The number of carbonyl (C=O) groups excluding carboxylic acids is 4. The van der Waals surface area contributed by atoms with E-state index in [9.17, 15) is 19.2 Å². The maximum atomic E-state index is 12.9. The maximum absolute atomic E-state index is 12.9. The molecule has 2 saturated heterocycles. The fraction of sp³-hybridized carbons (Fsp3) is 0.500. The number of benzene rings is 1. The van der Waals surface area contributed by atoms with Crippen molar-refractivity contribution in [3.63, 3.8) is 0 Å². The molecule has 0 bridgehead atoms. The van der Waals surface area contributed by atoms with Crippen molar-refractivity contribution in [3.05, 3.63) is 35.4 Å². The summed E-state index contributed by atoms with van der Waals surface area (Å²) < 4.78 is 4.75. The smallest absolute Gasteiger partial charge is 0.307 e. The maximum Gasteiger partial charge on any atom is 0.307 e. The molecule has 7 heteroatoms. The molecule has 3 rings (SSSR count). The van der Waals surface area contributed by atoms with Crippen molar-refractivity contribution in [1.29, 1.82) is 0 Å². The molecule has 0 spiro atoms. The number of esters is 1. The predicted molar refractivity (Wildman–Crippen MR) is 96.5 cm³/mol. The lowest BCUT2D eigenvalue weighted by Gasteiger charge is -2.35. The standard InChI is InChI=1S/C20H24N2O5/c1-27-19(25)12-16-4-2-3-11-21(16)20(26)15-7-5-14(6-8-15)13-22-17(23)9-10-18(22)24/h5-8,16H,2-4,9-13H2,1H3. The Hall–Kier alpha value is -2.70. The minimum absolute atomic E-state index is 0.108. The molecule has 1 unspecified atom stereocenters. The summed E-state index contributed by atoms with van der Waals surface area (Å²) in [6, 6.07) is 6.83. The van der Waals surface area contributed by atoms with Crippen LogP contribution in [-0.2, 0) is 25.7 Å². The number of piperidine rings is 1. The third kappa shape index (κ3) is 4.35. The van der Waals surface area contributed by atoms with Crippen molar-refractivity contribution in [2.24, 2.45) is 0 Å². The average molecular weight is 372 g/mol. The molecule has 0 aromatic heterocycles. The Morgan fingerprint density at radius 1 is 1.07 bits per heavy atom. The van der Waals surface area contributed by atoms with E-state index in [0.29, 0.717) is 12.1 Å². The van der Waals surface area contributed by atoms with Crippen LogP contribution in [0.25, 0.3) is 0 Å². The molecular weight excluding hydrogens is 348 g/mol. The Kier molecular flexibility index (Phi) is 5.88. The van der Waals surface area contributed by atoms with Gasteiger partial charge in [-0.3, -0.25) is 24.1 Å². The van der Waals surface area contributed by atoms with E-state index in [2.05, 4.69) is 0 Å². The van der Waals surface area contributed by atoms with Gasteiger partial charge in [0, 0.05) is 31.0 Å². The molecule has 0 radical (unpaired) electrons. The molecule has 0 saturated carbocycles. The van der Waals surface area contributed by atoms with Gasteiger partial charge < -0.3 is 9.64 Å². The van der Waals surface area contributed by atoms with Gasteiger partial charge in [0.15, 0.2) is 0 Å². The molecule has 2 fully saturated rings. The van der Waals surface area contributed by atoms with E-state index < -0.39 is 0 Å². The van der Waals surface area contributed by atoms with Crippen molar-refractivity contribution in [3.8, 4) is 0 Å². The summed E-state index contributed by atoms with van der Waals surface area (Å²) in [5.74, 6) is -0.725. The van der Waals surface area contributed by atoms with Crippen LogP contribution >= 0.6 is 0 Å². The number of nitrogens with zero attached hydrogens (tertiary/aromatic N) is 2. The first-order valence-electron chi connectivity index (χ1n) is 9.29. The molecule has 2 aliphatic rings. The van der Waals surface area contributed by atoms with Gasteiger partial charge in [0.1, 0.15) is 0 Å². The average Bonchev–Trinajstić information content (AvgIpc) is 3.00. The van der Waals surface area contributed by atoms with Gasteiger partial charge in [0.05, 0.1) is 20.1 Å². The lowest BCUT2D eigenvalue weighted by Crippen LogP contribution is -2.44. The highest BCUT2D eigenvalue weighted by Crippen LogP contribution is 2.23. The van der Waals surface area contributed by atoms with Crippen LogP contribution in [0.3, 0.4) is 0 Å². The highest BCUT2D eigenvalue weighted by atomic mass is 16.5. The van der Waals surface area contributed by atoms with E-state index in [4.69, 9.17) is 4.74 Å². The first-order valence-corrected chi connectivity index (χ1v) is 9.29. The largest absolute Gasteiger partial charge is 0.469 e. The molecule has 2 heterocycles. The molecule has 27 heavy (non-hydrogen) atoms. The van der Waals surface area contributed by atoms with Crippen LogP contribution in [0.2, 0.25) is 0 Å². The van der Waals surface area contributed by atoms with Crippen molar-refractivity contribution < 1.29 is 23.9 Å². The van der Waals surface area contributed by atoms with Crippen LogP contribution < -0.4 is 0 Å². The molecule has 0 aliphatic carbocycles. The van der Waals surface area contributed by atoms with Crippen molar-refractivity contribution >= 4 is 23.7 Å². The molecule has 3 amide bonds. The Balaban J connectivity index is 1.68. The van der Waals surface area contributed by atoms with Crippen molar-refractivity contribution in [1.82, 2.24) is 9.80 Å². The topological polar surface area (TPSA) is 84.0 Å². The third-order valence-corrected chi connectivity index (χ3v) is 5.21. The van der Waals surface area contributed by atoms with Crippen LogP contribution in [0.15, 0.2) is 24.3 Å². The van der Waals surface area contributed by atoms with Gasteiger partial charge in [0.2, 0.25) is 11.8 Å². The Bertz CT molecular complexity index is 727. The second-order valence-electron chi connectivity index (χ2n) is 7.00. The molecule has 2 aliphatic heterocycles. The number of imide groups is 1. The van der Waals surface area contributed by atoms with Crippen molar-refractivity contribution in [2.45, 2.75) is 51.1 Å². The van der Waals surface area contributed by atoms with Crippen molar-refractivity contribution in [2.75, 3.05) is 13.7 Å². The fourth-order valence-corrected chi connectivity index (χ4v) is 3.66. The summed E-state index contributed by atoms with van der Waals surface area (Å²) in [6.07, 6.45) is 3.44. The minimum Gasteiger partial charge on any atom is -0.469 e. The summed E-state index contributed by atoms with van der Waals surface area (Å²) in [4.78, 5) is 51.0. The molecule has 0 N–H and O–H groups in total. The molecule has 7 nitrogen and oxygen atoms in total. The van der Waals surface area contributed by atoms with Crippen LogP contribution in [0.1, 0.15) is 54.4 Å². The zero-order valence-electron chi connectivity index (χ0n) is 15.5. The summed E-state index contributed by atoms with van der Waals surface area (Å²) in [5.41, 5.74) is 1.34. The van der Waals surface area contributed by atoms with E-state index in [1.165, 1.54) is 12.0 Å². The fourth-order valence-electron chi connectivity index (χ4n) is 3.66. The second-order valence-corrected chi connectivity index (χ2v) is 7.00. The Labute approximate surface area is 158 Å². The molecule has 144 valence electrons.